The maximum atomic E-state index is 12.7. The Morgan fingerprint density at radius 3 is 2.46 bits per heavy atom. The Labute approximate surface area is 171 Å². The van der Waals surface area contributed by atoms with Crippen LogP contribution in [0.25, 0.3) is 0 Å². The molecular weight excluding hydrogens is 420 g/mol. The van der Waals surface area contributed by atoms with Crippen molar-refractivity contribution in [3.05, 3.63) is 94.0 Å². The number of para-hydroxylation sites is 2. The van der Waals surface area contributed by atoms with Gasteiger partial charge in [-0.05, 0) is 36.4 Å². The van der Waals surface area contributed by atoms with Crippen LogP contribution >= 0.6 is 15.9 Å². The molecule has 2 N–H and O–H groups in total. The van der Waals surface area contributed by atoms with Crippen LogP contribution in [0.2, 0.25) is 0 Å². The third-order valence-electron chi connectivity index (χ3n) is 4.14. The summed E-state index contributed by atoms with van der Waals surface area (Å²) in [5.41, 5.74) is 2.21. The average Bonchev–Trinajstić information content (AvgIpc) is 2.72. The number of carbonyl (C=O) groups excluding carboxylic acids is 2. The summed E-state index contributed by atoms with van der Waals surface area (Å²) in [5, 5.41) is 5.69. The molecule has 2 amide bonds. The van der Waals surface area contributed by atoms with Gasteiger partial charge in [-0.3, -0.25) is 9.59 Å². The molecule has 0 saturated heterocycles. The highest BCUT2D eigenvalue weighted by molar-refractivity contribution is 9.10. The van der Waals surface area contributed by atoms with Crippen LogP contribution in [0.4, 0.5) is 5.69 Å². The smallest absolute Gasteiger partial charge is 0.255 e. The number of ether oxygens (including phenoxy) is 1. The number of hydrogen-bond acceptors (Lipinski definition) is 3. The van der Waals surface area contributed by atoms with E-state index in [9.17, 15) is 9.59 Å². The van der Waals surface area contributed by atoms with Crippen LogP contribution in [0.5, 0.6) is 5.75 Å². The van der Waals surface area contributed by atoms with Crippen molar-refractivity contribution in [1.29, 1.82) is 0 Å². The molecule has 0 saturated carbocycles. The molecule has 0 aliphatic rings. The lowest BCUT2D eigenvalue weighted by atomic mass is 10.1. The molecule has 3 aromatic carbocycles. The summed E-state index contributed by atoms with van der Waals surface area (Å²) in [6.45, 7) is 0.316. The fourth-order valence-corrected chi connectivity index (χ4v) is 3.13. The monoisotopic (exact) mass is 438 g/mol. The third-order valence-corrected chi connectivity index (χ3v) is 4.63. The maximum absolute atomic E-state index is 12.7. The molecule has 0 aromatic heterocycles. The summed E-state index contributed by atoms with van der Waals surface area (Å²) in [5.74, 6) is 0.140. The van der Waals surface area contributed by atoms with Gasteiger partial charge in [0, 0.05) is 22.1 Å². The van der Waals surface area contributed by atoms with E-state index in [1.54, 1.807) is 49.6 Å². The Morgan fingerprint density at radius 2 is 1.68 bits per heavy atom. The van der Waals surface area contributed by atoms with E-state index >= 15 is 0 Å². The van der Waals surface area contributed by atoms with Gasteiger partial charge in [0.1, 0.15) is 5.75 Å². The first kappa shape index (κ1) is 19.6. The quantitative estimate of drug-likeness (QED) is 0.588. The van der Waals surface area contributed by atoms with Crippen molar-refractivity contribution >= 4 is 33.4 Å². The van der Waals surface area contributed by atoms with Crippen molar-refractivity contribution in [2.24, 2.45) is 0 Å². The van der Waals surface area contributed by atoms with E-state index in [0.717, 1.165) is 10.0 Å². The van der Waals surface area contributed by atoms with Gasteiger partial charge in [0.15, 0.2) is 0 Å². The second-order valence-electron chi connectivity index (χ2n) is 6.00. The van der Waals surface area contributed by atoms with Crippen LogP contribution in [0, 0.1) is 0 Å². The lowest BCUT2D eigenvalue weighted by Gasteiger charge is -2.13. The van der Waals surface area contributed by atoms with Gasteiger partial charge >= 0.3 is 0 Å². The standard InChI is InChI=1S/C22H19BrN2O3/c1-28-20-12-5-2-7-16(20)14-24-22(27)18-10-3-4-11-19(18)25-21(26)15-8-6-9-17(23)13-15/h2-13H,14H2,1H3,(H,24,27)(H,25,26). The van der Waals surface area contributed by atoms with Crippen LogP contribution < -0.4 is 15.4 Å². The second-order valence-corrected chi connectivity index (χ2v) is 6.92. The summed E-state index contributed by atoms with van der Waals surface area (Å²) < 4.78 is 6.11. The van der Waals surface area contributed by atoms with Crippen LogP contribution in [-0.2, 0) is 6.54 Å². The number of methoxy groups -OCH3 is 1. The highest BCUT2D eigenvalue weighted by atomic mass is 79.9. The maximum Gasteiger partial charge on any atom is 0.255 e. The Bertz CT molecular complexity index is 1000. The van der Waals surface area contributed by atoms with Gasteiger partial charge in [0.05, 0.1) is 18.4 Å². The minimum Gasteiger partial charge on any atom is -0.496 e. The summed E-state index contributed by atoms with van der Waals surface area (Å²) >= 11 is 3.35. The molecule has 0 bridgehead atoms. The Kier molecular flexibility index (Phi) is 6.45. The first-order valence-electron chi connectivity index (χ1n) is 8.64. The van der Waals surface area contributed by atoms with Crippen molar-refractivity contribution in [1.82, 2.24) is 5.32 Å². The largest absolute Gasteiger partial charge is 0.496 e. The Balaban J connectivity index is 1.74. The lowest BCUT2D eigenvalue weighted by molar-refractivity contribution is 0.0951. The fourth-order valence-electron chi connectivity index (χ4n) is 2.73. The van der Waals surface area contributed by atoms with E-state index in [4.69, 9.17) is 4.74 Å². The van der Waals surface area contributed by atoms with Crippen molar-refractivity contribution in [3.63, 3.8) is 0 Å². The van der Waals surface area contributed by atoms with Gasteiger partial charge in [-0.25, -0.2) is 0 Å². The molecule has 0 fully saturated rings. The minimum absolute atomic E-state index is 0.281. The van der Waals surface area contributed by atoms with Gasteiger partial charge in [-0.2, -0.15) is 0 Å². The molecule has 0 radical (unpaired) electrons. The molecule has 0 heterocycles. The number of amides is 2. The van der Waals surface area contributed by atoms with Crippen LogP contribution in [-0.4, -0.2) is 18.9 Å². The molecule has 28 heavy (non-hydrogen) atoms. The SMILES string of the molecule is COc1ccccc1CNC(=O)c1ccccc1NC(=O)c1cccc(Br)c1. The van der Waals surface area contributed by atoms with E-state index in [1.807, 2.05) is 30.3 Å². The topological polar surface area (TPSA) is 67.4 Å². The number of carbonyl (C=O) groups is 2. The molecule has 3 aromatic rings. The van der Waals surface area contributed by atoms with Crippen molar-refractivity contribution in [2.45, 2.75) is 6.54 Å². The van der Waals surface area contributed by atoms with Crippen LogP contribution in [0.15, 0.2) is 77.3 Å². The zero-order valence-corrected chi connectivity index (χ0v) is 16.8. The van der Waals surface area contributed by atoms with Gasteiger partial charge in [0.2, 0.25) is 0 Å². The Hall–Kier alpha value is -3.12. The lowest BCUT2D eigenvalue weighted by Crippen LogP contribution is -2.25. The first-order chi connectivity index (χ1) is 13.6. The number of hydrogen-bond donors (Lipinski definition) is 2. The normalized spacial score (nSPS) is 10.2. The van der Waals surface area contributed by atoms with E-state index in [1.165, 1.54) is 0 Å². The minimum atomic E-state index is -0.286. The van der Waals surface area contributed by atoms with E-state index in [-0.39, 0.29) is 11.8 Å². The van der Waals surface area contributed by atoms with Gasteiger partial charge in [-0.1, -0.05) is 52.3 Å². The molecular formula is C22H19BrN2O3. The van der Waals surface area contributed by atoms with Gasteiger partial charge < -0.3 is 15.4 Å². The zero-order chi connectivity index (χ0) is 19.9. The molecule has 0 aliphatic carbocycles. The fraction of sp³-hybridized carbons (Fsp3) is 0.0909. The number of anilines is 1. The Morgan fingerprint density at radius 1 is 0.929 bits per heavy atom. The highest BCUT2D eigenvalue weighted by Gasteiger charge is 2.14. The summed E-state index contributed by atoms with van der Waals surface area (Å²) in [6.07, 6.45) is 0. The highest BCUT2D eigenvalue weighted by Crippen LogP contribution is 2.20. The predicted octanol–water partition coefficient (Wildman–Crippen LogP) is 4.64. The van der Waals surface area contributed by atoms with E-state index in [0.29, 0.717) is 29.1 Å². The molecule has 0 aliphatic heterocycles. The number of benzene rings is 3. The zero-order valence-electron chi connectivity index (χ0n) is 15.2. The third kappa shape index (κ3) is 4.78. The number of nitrogens with one attached hydrogen (secondary N) is 2. The predicted molar refractivity (Wildman–Crippen MR) is 113 cm³/mol. The molecule has 142 valence electrons. The molecule has 6 heteroatoms. The van der Waals surface area contributed by atoms with Crippen molar-refractivity contribution in [3.8, 4) is 5.75 Å². The second kappa shape index (κ2) is 9.19. The number of rotatable bonds is 6. The van der Waals surface area contributed by atoms with Crippen LogP contribution in [0.3, 0.4) is 0 Å². The molecule has 3 rings (SSSR count). The first-order valence-corrected chi connectivity index (χ1v) is 9.44. The van der Waals surface area contributed by atoms with Crippen molar-refractivity contribution < 1.29 is 14.3 Å². The summed E-state index contributed by atoms with van der Waals surface area (Å²) in [6, 6.07) is 21.5. The summed E-state index contributed by atoms with van der Waals surface area (Å²) in [4.78, 5) is 25.2. The van der Waals surface area contributed by atoms with Crippen molar-refractivity contribution in [2.75, 3.05) is 12.4 Å². The molecule has 5 nitrogen and oxygen atoms in total. The van der Waals surface area contributed by atoms with E-state index < -0.39 is 0 Å². The van der Waals surface area contributed by atoms with Crippen LogP contribution in [0.1, 0.15) is 26.3 Å². The molecule has 0 atom stereocenters. The number of halogens is 1. The van der Waals surface area contributed by atoms with Gasteiger partial charge in [0.25, 0.3) is 11.8 Å². The summed E-state index contributed by atoms with van der Waals surface area (Å²) in [7, 11) is 1.59. The van der Waals surface area contributed by atoms with E-state index in [2.05, 4.69) is 26.6 Å². The molecule has 0 unspecified atom stereocenters. The van der Waals surface area contributed by atoms with Gasteiger partial charge in [-0.15, -0.1) is 0 Å². The average molecular weight is 439 g/mol. The molecule has 0 spiro atoms.